The van der Waals surface area contributed by atoms with Crippen LogP contribution in [-0.4, -0.2) is 18.7 Å². The third-order valence-electron chi connectivity index (χ3n) is 3.50. The van der Waals surface area contributed by atoms with Gasteiger partial charge in [0.25, 0.3) is 0 Å². The second kappa shape index (κ2) is 8.64. The first-order chi connectivity index (χ1) is 11.5. The van der Waals surface area contributed by atoms with E-state index in [1.54, 1.807) is 19.2 Å². The predicted molar refractivity (Wildman–Crippen MR) is 95.7 cm³/mol. The van der Waals surface area contributed by atoms with E-state index in [2.05, 4.69) is 15.9 Å². The lowest BCUT2D eigenvalue weighted by molar-refractivity contribution is -0.116. The maximum absolute atomic E-state index is 12.3. The molecule has 0 aliphatic heterocycles. The van der Waals surface area contributed by atoms with Crippen LogP contribution in [0.2, 0.25) is 0 Å². The van der Waals surface area contributed by atoms with Crippen molar-refractivity contribution >= 4 is 27.5 Å². The molecule has 0 unspecified atom stereocenters. The largest absolute Gasteiger partial charge is 0.497 e. The van der Waals surface area contributed by atoms with Crippen LogP contribution in [0, 0.1) is 0 Å². The highest BCUT2D eigenvalue weighted by molar-refractivity contribution is 9.10. The molecule has 4 nitrogen and oxygen atoms in total. The van der Waals surface area contributed by atoms with Crippen LogP contribution in [0.3, 0.4) is 0 Å². The molecule has 0 amide bonds. The Balaban J connectivity index is 2.11. The first-order valence-corrected chi connectivity index (χ1v) is 8.37. The lowest BCUT2D eigenvalue weighted by Crippen LogP contribution is -2.06. The molecule has 0 aliphatic rings. The number of benzene rings is 2. The van der Waals surface area contributed by atoms with E-state index in [9.17, 15) is 9.59 Å². The first-order valence-electron chi connectivity index (χ1n) is 7.57. The molecule has 0 atom stereocenters. The summed E-state index contributed by atoms with van der Waals surface area (Å²) in [5.41, 5.74) is 1.46. The highest BCUT2D eigenvalue weighted by atomic mass is 79.9. The van der Waals surface area contributed by atoms with Gasteiger partial charge in [-0.1, -0.05) is 28.1 Å². The molecule has 126 valence electrons. The number of ether oxygens (including phenoxy) is 2. The summed E-state index contributed by atoms with van der Waals surface area (Å²) in [6, 6.07) is 12.9. The minimum atomic E-state index is -0.101. The van der Waals surface area contributed by atoms with Crippen molar-refractivity contribution in [1.29, 1.82) is 0 Å². The molecule has 0 spiro atoms. The van der Waals surface area contributed by atoms with Gasteiger partial charge in [-0.3, -0.25) is 4.79 Å². The molecule has 0 bridgehead atoms. The van der Waals surface area contributed by atoms with Crippen molar-refractivity contribution in [3.8, 4) is 11.5 Å². The molecule has 0 fully saturated rings. The number of halogens is 1. The SMILES string of the molecule is COc1ccc(COc2ccc(Br)cc2C(=O)CCC(C)=O)cc1. The van der Waals surface area contributed by atoms with E-state index in [0.29, 0.717) is 17.9 Å². The average molecular weight is 391 g/mol. The van der Waals surface area contributed by atoms with Crippen molar-refractivity contribution in [2.24, 2.45) is 0 Å². The fourth-order valence-electron chi connectivity index (χ4n) is 2.15. The zero-order valence-corrected chi connectivity index (χ0v) is 15.3. The van der Waals surface area contributed by atoms with Crippen LogP contribution in [0.15, 0.2) is 46.9 Å². The first kappa shape index (κ1) is 18.2. The van der Waals surface area contributed by atoms with Gasteiger partial charge in [0.15, 0.2) is 5.78 Å². The summed E-state index contributed by atoms with van der Waals surface area (Å²) < 4.78 is 11.7. The van der Waals surface area contributed by atoms with Gasteiger partial charge in [-0.25, -0.2) is 0 Å². The summed E-state index contributed by atoms with van der Waals surface area (Å²) in [5.74, 6) is 1.19. The smallest absolute Gasteiger partial charge is 0.167 e. The number of carbonyl (C=O) groups is 2. The molecule has 0 saturated heterocycles. The minimum Gasteiger partial charge on any atom is -0.497 e. The number of rotatable bonds is 8. The summed E-state index contributed by atoms with van der Waals surface area (Å²) in [6.07, 6.45) is 0.425. The molecule has 0 radical (unpaired) electrons. The summed E-state index contributed by atoms with van der Waals surface area (Å²) >= 11 is 3.37. The van der Waals surface area contributed by atoms with Crippen molar-refractivity contribution in [1.82, 2.24) is 0 Å². The van der Waals surface area contributed by atoms with Crippen LogP contribution >= 0.6 is 15.9 Å². The average Bonchev–Trinajstić information content (AvgIpc) is 2.59. The lowest BCUT2D eigenvalue weighted by atomic mass is 10.0. The lowest BCUT2D eigenvalue weighted by Gasteiger charge is -2.12. The summed E-state index contributed by atoms with van der Waals surface area (Å²) in [5, 5.41) is 0. The number of hydrogen-bond acceptors (Lipinski definition) is 4. The van der Waals surface area contributed by atoms with Crippen LogP contribution in [0.5, 0.6) is 11.5 Å². The molecular formula is C19H19BrO4. The molecule has 2 rings (SSSR count). The Morgan fingerprint density at radius 1 is 1.04 bits per heavy atom. The molecule has 24 heavy (non-hydrogen) atoms. The molecular weight excluding hydrogens is 372 g/mol. The van der Waals surface area contributed by atoms with Gasteiger partial charge in [0, 0.05) is 17.3 Å². The normalized spacial score (nSPS) is 10.3. The van der Waals surface area contributed by atoms with Gasteiger partial charge in [0.1, 0.15) is 23.9 Å². The van der Waals surface area contributed by atoms with Gasteiger partial charge < -0.3 is 14.3 Å². The van der Waals surface area contributed by atoms with E-state index in [0.717, 1.165) is 15.8 Å². The maximum Gasteiger partial charge on any atom is 0.167 e. The number of Topliss-reactive ketones (excluding diaryl/α,β-unsaturated/α-hetero) is 2. The van der Waals surface area contributed by atoms with Crippen molar-refractivity contribution in [2.75, 3.05) is 7.11 Å². The van der Waals surface area contributed by atoms with Gasteiger partial charge in [0.2, 0.25) is 0 Å². The zero-order valence-electron chi connectivity index (χ0n) is 13.7. The molecule has 0 aliphatic carbocycles. The van der Waals surface area contributed by atoms with Gasteiger partial charge in [0.05, 0.1) is 12.7 Å². The van der Waals surface area contributed by atoms with E-state index < -0.39 is 0 Å². The molecule has 2 aromatic rings. The predicted octanol–water partition coefficient (Wildman–Crippen LogP) is 4.59. The quantitative estimate of drug-likeness (QED) is 0.618. The maximum atomic E-state index is 12.3. The third kappa shape index (κ3) is 5.20. The Bertz CT molecular complexity index is 723. The Morgan fingerprint density at radius 3 is 2.38 bits per heavy atom. The molecule has 5 heteroatoms. The third-order valence-corrected chi connectivity index (χ3v) is 3.99. The van der Waals surface area contributed by atoms with Crippen LogP contribution < -0.4 is 9.47 Å². The summed E-state index contributed by atoms with van der Waals surface area (Å²) in [4.78, 5) is 23.4. The van der Waals surface area contributed by atoms with Gasteiger partial charge in [-0.2, -0.15) is 0 Å². The van der Waals surface area contributed by atoms with Gasteiger partial charge >= 0.3 is 0 Å². The van der Waals surface area contributed by atoms with Crippen molar-refractivity contribution in [3.63, 3.8) is 0 Å². The molecule has 2 aromatic carbocycles. The van der Waals surface area contributed by atoms with E-state index in [-0.39, 0.29) is 24.4 Å². The topological polar surface area (TPSA) is 52.6 Å². The van der Waals surface area contributed by atoms with E-state index in [1.165, 1.54) is 6.92 Å². The summed E-state index contributed by atoms with van der Waals surface area (Å²) in [7, 11) is 1.62. The Hall–Kier alpha value is -2.14. The number of methoxy groups -OCH3 is 1. The molecule has 0 heterocycles. The van der Waals surface area contributed by atoms with Crippen LogP contribution in [0.4, 0.5) is 0 Å². The van der Waals surface area contributed by atoms with Crippen LogP contribution in [0.1, 0.15) is 35.7 Å². The fourth-order valence-corrected chi connectivity index (χ4v) is 2.51. The van der Waals surface area contributed by atoms with Crippen molar-refractivity contribution < 1.29 is 19.1 Å². The number of carbonyl (C=O) groups excluding carboxylic acids is 2. The Kier molecular flexibility index (Phi) is 6.55. The van der Waals surface area contributed by atoms with Crippen LogP contribution in [0.25, 0.3) is 0 Å². The van der Waals surface area contributed by atoms with Crippen molar-refractivity contribution in [2.45, 2.75) is 26.4 Å². The molecule has 0 N–H and O–H groups in total. The minimum absolute atomic E-state index is 0.000881. The number of hydrogen-bond donors (Lipinski definition) is 0. The second-order valence-electron chi connectivity index (χ2n) is 5.40. The van der Waals surface area contributed by atoms with Gasteiger partial charge in [-0.15, -0.1) is 0 Å². The van der Waals surface area contributed by atoms with Crippen molar-refractivity contribution in [3.05, 3.63) is 58.1 Å². The Morgan fingerprint density at radius 2 is 1.75 bits per heavy atom. The number of ketones is 2. The Labute approximate surface area is 149 Å². The highest BCUT2D eigenvalue weighted by Gasteiger charge is 2.14. The monoisotopic (exact) mass is 390 g/mol. The zero-order chi connectivity index (χ0) is 17.5. The van der Waals surface area contributed by atoms with Crippen LogP contribution in [-0.2, 0) is 11.4 Å². The van der Waals surface area contributed by atoms with E-state index in [1.807, 2.05) is 30.3 Å². The highest BCUT2D eigenvalue weighted by Crippen LogP contribution is 2.26. The standard InChI is InChI=1S/C19H19BrO4/c1-13(21)3-9-18(22)17-11-15(20)6-10-19(17)24-12-14-4-7-16(23-2)8-5-14/h4-8,10-11H,3,9,12H2,1-2H3. The summed E-state index contributed by atoms with van der Waals surface area (Å²) in [6.45, 7) is 1.83. The fraction of sp³-hybridized carbons (Fsp3) is 0.263. The second-order valence-corrected chi connectivity index (χ2v) is 6.32. The van der Waals surface area contributed by atoms with Gasteiger partial charge in [-0.05, 0) is 42.8 Å². The molecule has 0 aromatic heterocycles. The van der Waals surface area contributed by atoms with E-state index >= 15 is 0 Å². The molecule has 0 saturated carbocycles. The van der Waals surface area contributed by atoms with E-state index in [4.69, 9.17) is 9.47 Å².